The molecule has 1 atom stereocenters. The van der Waals surface area contributed by atoms with Crippen LogP contribution in [0, 0.1) is 11.6 Å². The molecule has 0 bridgehead atoms. The number of hydrogen-bond donors (Lipinski definition) is 1. The van der Waals surface area contributed by atoms with Gasteiger partial charge in [-0.05, 0) is 19.4 Å². The van der Waals surface area contributed by atoms with Crippen molar-refractivity contribution in [3.8, 4) is 0 Å². The van der Waals surface area contributed by atoms with Gasteiger partial charge in [-0.15, -0.1) is 0 Å². The molecule has 0 radical (unpaired) electrons. The lowest BCUT2D eigenvalue weighted by molar-refractivity contribution is -0.0829. The summed E-state index contributed by atoms with van der Waals surface area (Å²) in [4.78, 5) is 9.45. The first-order valence-corrected chi connectivity index (χ1v) is 11.4. The van der Waals surface area contributed by atoms with Crippen LogP contribution in [0.4, 0.5) is 8.78 Å². The number of aliphatic imine (C=N–C) groups is 1. The van der Waals surface area contributed by atoms with E-state index in [0.717, 1.165) is 64.0 Å². The number of benzene rings is 1. The van der Waals surface area contributed by atoms with Crippen molar-refractivity contribution in [2.75, 3.05) is 59.6 Å². The first kappa shape index (κ1) is 23.9. The normalized spacial score (nSPS) is 21.2. The van der Waals surface area contributed by atoms with E-state index in [4.69, 9.17) is 14.5 Å². The highest BCUT2D eigenvalue weighted by Crippen LogP contribution is 2.28. The minimum atomic E-state index is -0.536. The van der Waals surface area contributed by atoms with Crippen molar-refractivity contribution in [1.29, 1.82) is 0 Å². The van der Waals surface area contributed by atoms with Gasteiger partial charge in [-0.2, -0.15) is 0 Å². The Morgan fingerprint density at radius 1 is 1.19 bits per heavy atom. The van der Waals surface area contributed by atoms with Gasteiger partial charge in [-0.3, -0.25) is 9.89 Å². The maximum atomic E-state index is 14.4. The molecule has 2 aliphatic rings. The summed E-state index contributed by atoms with van der Waals surface area (Å²) >= 11 is 0. The molecule has 1 aromatic rings. The molecule has 2 saturated heterocycles. The number of nitrogens with one attached hydrogen (secondary N) is 1. The van der Waals surface area contributed by atoms with Crippen LogP contribution in [0.25, 0.3) is 0 Å². The monoisotopic (exact) mass is 438 g/mol. The number of hydrogen-bond acceptors (Lipinski definition) is 4. The van der Waals surface area contributed by atoms with Crippen molar-refractivity contribution in [3.05, 3.63) is 35.4 Å². The molecule has 2 heterocycles. The van der Waals surface area contributed by atoms with Crippen LogP contribution in [-0.2, 0) is 9.47 Å². The Morgan fingerprint density at radius 3 is 2.48 bits per heavy atom. The first-order chi connectivity index (χ1) is 15.0. The van der Waals surface area contributed by atoms with E-state index in [1.807, 2.05) is 6.92 Å². The standard InChI is InChI=1S/C23H36F2N4O2/c1-4-21(19-7-6-18(24)16-20(19)25)28-10-12-29(13-11-28)22(26-5-2)27-17-23(30-3)8-14-31-15-9-23/h6-7,16,21H,4-5,8-15,17H2,1-3H3,(H,26,27). The molecule has 3 rings (SSSR count). The molecule has 2 aliphatic heterocycles. The fourth-order valence-electron chi connectivity index (χ4n) is 4.51. The van der Waals surface area contributed by atoms with Crippen LogP contribution in [0.1, 0.15) is 44.7 Å². The summed E-state index contributed by atoms with van der Waals surface area (Å²) in [5.41, 5.74) is 0.313. The van der Waals surface area contributed by atoms with Gasteiger partial charge in [0.2, 0.25) is 0 Å². The molecule has 8 heteroatoms. The van der Waals surface area contributed by atoms with Crippen molar-refractivity contribution >= 4 is 5.96 Å². The highest BCUT2D eigenvalue weighted by atomic mass is 19.1. The first-order valence-electron chi connectivity index (χ1n) is 11.4. The molecular formula is C23H36F2N4O2. The van der Waals surface area contributed by atoms with Crippen molar-refractivity contribution in [1.82, 2.24) is 15.1 Å². The number of piperazine rings is 1. The van der Waals surface area contributed by atoms with Crippen LogP contribution in [-0.4, -0.2) is 81.0 Å². The van der Waals surface area contributed by atoms with Gasteiger partial charge < -0.3 is 19.7 Å². The van der Waals surface area contributed by atoms with Gasteiger partial charge in [0.1, 0.15) is 11.6 Å². The molecule has 0 amide bonds. The van der Waals surface area contributed by atoms with Crippen LogP contribution in [0.3, 0.4) is 0 Å². The molecule has 2 fully saturated rings. The van der Waals surface area contributed by atoms with E-state index in [9.17, 15) is 8.78 Å². The predicted octanol–water partition coefficient (Wildman–Crippen LogP) is 3.19. The Bertz CT molecular complexity index is 732. The molecule has 31 heavy (non-hydrogen) atoms. The maximum Gasteiger partial charge on any atom is 0.194 e. The van der Waals surface area contributed by atoms with E-state index in [2.05, 4.69) is 22.0 Å². The third-order valence-corrected chi connectivity index (χ3v) is 6.45. The van der Waals surface area contributed by atoms with Gasteiger partial charge in [-0.25, -0.2) is 8.78 Å². The topological polar surface area (TPSA) is 49.3 Å². The maximum absolute atomic E-state index is 14.4. The molecule has 0 spiro atoms. The number of rotatable bonds is 7. The smallest absolute Gasteiger partial charge is 0.194 e. The second-order valence-electron chi connectivity index (χ2n) is 8.28. The van der Waals surface area contributed by atoms with Crippen LogP contribution in [0.15, 0.2) is 23.2 Å². The summed E-state index contributed by atoms with van der Waals surface area (Å²) in [5.74, 6) is -0.109. The third kappa shape index (κ3) is 5.93. The molecular weight excluding hydrogens is 402 g/mol. The fraction of sp³-hybridized carbons (Fsp3) is 0.696. The van der Waals surface area contributed by atoms with Crippen molar-refractivity contribution in [2.45, 2.75) is 44.8 Å². The minimum absolute atomic E-state index is 0.0544. The second kappa shape index (κ2) is 11.2. The lowest BCUT2D eigenvalue weighted by Crippen LogP contribution is -2.53. The molecule has 1 unspecified atom stereocenters. The van der Waals surface area contributed by atoms with E-state index >= 15 is 0 Å². The number of halogens is 2. The van der Waals surface area contributed by atoms with E-state index in [1.165, 1.54) is 6.07 Å². The van der Waals surface area contributed by atoms with Crippen molar-refractivity contribution in [2.24, 2.45) is 4.99 Å². The Morgan fingerprint density at radius 2 is 1.90 bits per heavy atom. The molecule has 1 N–H and O–H groups in total. The van der Waals surface area contributed by atoms with Gasteiger partial charge in [0.15, 0.2) is 5.96 Å². The molecule has 6 nitrogen and oxygen atoms in total. The van der Waals surface area contributed by atoms with Gasteiger partial charge >= 0.3 is 0 Å². The van der Waals surface area contributed by atoms with E-state index in [-0.39, 0.29) is 11.6 Å². The van der Waals surface area contributed by atoms with Gasteiger partial charge in [0.25, 0.3) is 0 Å². The zero-order chi connectivity index (χ0) is 22.3. The molecule has 1 aromatic carbocycles. The Labute approximate surface area is 184 Å². The fourth-order valence-corrected chi connectivity index (χ4v) is 4.51. The zero-order valence-corrected chi connectivity index (χ0v) is 19.0. The summed E-state index contributed by atoms with van der Waals surface area (Å²) in [6.45, 7) is 10.1. The number of nitrogens with zero attached hydrogens (tertiary/aromatic N) is 3. The largest absolute Gasteiger partial charge is 0.381 e. The molecule has 0 aromatic heterocycles. The highest BCUT2D eigenvalue weighted by molar-refractivity contribution is 5.80. The average Bonchev–Trinajstić information content (AvgIpc) is 2.79. The van der Waals surface area contributed by atoms with Gasteiger partial charge in [0, 0.05) is 83.6 Å². The van der Waals surface area contributed by atoms with Crippen LogP contribution in [0.5, 0.6) is 0 Å². The van der Waals surface area contributed by atoms with Crippen molar-refractivity contribution < 1.29 is 18.3 Å². The van der Waals surface area contributed by atoms with Crippen molar-refractivity contribution in [3.63, 3.8) is 0 Å². The van der Waals surface area contributed by atoms with Crippen LogP contribution in [0.2, 0.25) is 0 Å². The SMILES string of the molecule is CCNC(=NCC1(OC)CCOCC1)N1CCN(C(CC)c2ccc(F)cc2F)CC1. The summed E-state index contributed by atoms with van der Waals surface area (Å²) in [6, 6.07) is 3.84. The van der Waals surface area contributed by atoms with E-state index in [1.54, 1.807) is 13.2 Å². The predicted molar refractivity (Wildman–Crippen MR) is 118 cm³/mol. The molecule has 174 valence electrons. The van der Waals surface area contributed by atoms with E-state index in [0.29, 0.717) is 25.3 Å². The van der Waals surface area contributed by atoms with E-state index < -0.39 is 11.6 Å². The van der Waals surface area contributed by atoms with Crippen LogP contribution < -0.4 is 5.32 Å². The summed E-state index contributed by atoms with van der Waals surface area (Å²) in [7, 11) is 1.76. The van der Waals surface area contributed by atoms with Gasteiger partial charge in [0.05, 0.1) is 12.1 Å². The minimum Gasteiger partial charge on any atom is -0.381 e. The summed E-state index contributed by atoms with van der Waals surface area (Å²) in [6.07, 6.45) is 2.47. The quantitative estimate of drug-likeness (QED) is 0.523. The average molecular weight is 439 g/mol. The molecule has 0 saturated carbocycles. The third-order valence-electron chi connectivity index (χ3n) is 6.45. The number of ether oxygens (including phenoxy) is 2. The highest BCUT2D eigenvalue weighted by Gasteiger charge is 2.33. The Hall–Kier alpha value is -1.77. The van der Waals surface area contributed by atoms with Gasteiger partial charge in [-0.1, -0.05) is 13.0 Å². The Balaban J connectivity index is 1.65. The lowest BCUT2D eigenvalue weighted by atomic mass is 9.94. The lowest BCUT2D eigenvalue weighted by Gasteiger charge is -2.41. The summed E-state index contributed by atoms with van der Waals surface area (Å²) in [5, 5.41) is 3.41. The number of methoxy groups -OCH3 is 1. The zero-order valence-electron chi connectivity index (χ0n) is 19.0. The summed E-state index contributed by atoms with van der Waals surface area (Å²) < 4.78 is 39.0. The number of guanidine groups is 1. The second-order valence-corrected chi connectivity index (χ2v) is 8.28. The Kier molecular flexibility index (Phi) is 8.63. The van der Waals surface area contributed by atoms with Crippen LogP contribution >= 0.6 is 0 Å². The molecule has 0 aliphatic carbocycles.